The topological polar surface area (TPSA) is 40.5 Å². The molecule has 7 heteroatoms. The van der Waals surface area contributed by atoms with Gasteiger partial charge in [0, 0.05) is 6.54 Å². The molecule has 3 nitrogen and oxygen atoms in total. The van der Waals surface area contributed by atoms with E-state index in [0.29, 0.717) is 25.2 Å². The minimum absolute atomic E-state index is 0.0933. The number of nitrogens with zero attached hydrogens (tertiary/aromatic N) is 1. The highest BCUT2D eigenvalue weighted by Gasteiger charge is 2.41. The molecule has 0 atom stereocenters. The van der Waals surface area contributed by atoms with Crippen LogP contribution in [0.1, 0.15) is 28.1 Å². The number of aromatic carboxylic acids is 1. The third kappa shape index (κ3) is 3.48. The SMILES string of the molecule is O=C(O)c1sccc1CN1CCC(C(F)(F)F)CC1. The van der Waals surface area contributed by atoms with E-state index in [9.17, 15) is 18.0 Å². The van der Waals surface area contributed by atoms with Crippen molar-refractivity contribution in [3.05, 3.63) is 21.9 Å². The van der Waals surface area contributed by atoms with Crippen molar-refractivity contribution < 1.29 is 23.1 Å². The number of hydrogen-bond donors (Lipinski definition) is 1. The average Bonchev–Trinajstić information content (AvgIpc) is 2.77. The summed E-state index contributed by atoms with van der Waals surface area (Å²) in [6.45, 7) is 1.13. The van der Waals surface area contributed by atoms with Gasteiger partial charge in [-0.2, -0.15) is 13.2 Å². The van der Waals surface area contributed by atoms with E-state index in [1.165, 1.54) is 0 Å². The van der Waals surface area contributed by atoms with Crippen LogP contribution in [0.25, 0.3) is 0 Å². The van der Waals surface area contributed by atoms with Crippen LogP contribution in [0.5, 0.6) is 0 Å². The lowest BCUT2D eigenvalue weighted by atomic mass is 9.96. The van der Waals surface area contributed by atoms with Gasteiger partial charge in [-0.1, -0.05) is 0 Å². The summed E-state index contributed by atoms with van der Waals surface area (Å²) in [6.07, 6.45) is -3.92. The highest BCUT2D eigenvalue weighted by atomic mass is 32.1. The standard InChI is InChI=1S/C12H14F3NO2S/c13-12(14,15)9-1-4-16(5-2-9)7-8-3-6-19-10(8)11(17)18/h3,6,9H,1-2,4-5,7H2,(H,17,18). The predicted molar refractivity (Wildman–Crippen MR) is 65.3 cm³/mol. The van der Waals surface area contributed by atoms with Crippen molar-refractivity contribution in [2.24, 2.45) is 5.92 Å². The van der Waals surface area contributed by atoms with E-state index in [1.807, 2.05) is 4.90 Å². The summed E-state index contributed by atoms with van der Waals surface area (Å²) in [5.74, 6) is -2.19. The van der Waals surface area contributed by atoms with Gasteiger partial charge in [-0.05, 0) is 42.9 Å². The number of carbonyl (C=O) groups is 1. The van der Waals surface area contributed by atoms with Gasteiger partial charge in [-0.25, -0.2) is 4.79 Å². The van der Waals surface area contributed by atoms with Gasteiger partial charge in [0.15, 0.2) is 0 Å². The number of carboxylic acids is 1. The number of hydrogen-bond acceptors (Lipinski definition) is 3. The molecule has 0 unspecified atom stereocenters. The molecule has 1 N–H and O–H groups in total. The molecular weight excluding hydrogens is 279 g/mol. The second-order valence-electron chi connectivity index (χ2n) is 4.67. The maximum absolute atomic E-state index is 12.5. The molecule has 0 bridgehead atoms. The van der Waals surface area contributed by atoms with Crippen LogP contribution in [0.4, 0.5) is 13.2 Å². The van der Waals surface area contributed by atoms with Crippen LogP contribution in [-0.2, 0) is 6.54 Å². The number of thiophene rings is 1. The first kappa shape index (κ1) is 14.3. The van der Waals surface area contributed by atoms with Crippen molar-refractivity contribution in [3.63, 3.8) is 0 Å². The van der Waals surface area contributed by atoms with E-state index in [4.69, 9.17) is 5.11 Å². The molecule has 1 aliphatic heterocycles. The second-order valence-corrected chi connectivity index (χ2v) is 5.59. The second kappa shape index (κ2) is 5.50. The molecule has 1 aromatic heterocycles. The summed E-state index contributed by atoms with van der Waals surface area (Å²) in [5.41, 5.74) is 0.683. The van der Waals surface area contributed by atoms with E-state index in [0.717, 1.165) is 11.3 Å². The maximum atomic E-state index is 12.5. The van der Waals surface area contributed by atoms with Crippen molar-refractivity contribution in [2.75, 3.05) is 13.1 Å². The highest BCUT2D eigenvalue weighted by Crippen LogP contribution is 2.34. The first-order valence-electron chi connectivity index (χ1n) is 5.96. The number of halogens is 3. The lowest BCUT2D eigenvalue weighted by Crippen LogP contribution is -2.38. The Labute approximate surface area is 112 Å². The molecule has 2 heterocycles. The lowest BCUT2D eigenvalue weighted by molar-refractivity contribution is -0.185. The molecule has 0 amide bonds. The average molecular weight is 293 g/mol. The lowest BCUT2D eigenvalue weighted by Gasteiger charge is -2.32. The Bertz CT molecular complexity index is 450. The Morgan fingerprint density at radius 3 is 2.58 bits per heavy atom. The van der Waals surface area contributed by atoms with Crippen LogP contribution < -0.4 is 0 Å². The number of carboxylic acid groups (broad SMARTS) is 1. The van der Waals surface area contributed by atoms with Crippen molar-refractivity contribution in [2.45, 2.75) is 25.6 Å². The normalized spacial score (nSPS) is 18.7. The molecule has 2 rings (SSSR count). The molecule has 0 radical (unpaired) electrons. The molecular formula is C12H14F3NO2S. The van der Waals surface area contributed by atoms with Crippen molar-refractivity contribution in [1.82, 2.24) is 4.90 Å². The van der Waals surface area contributed by atoms with Gasteiger partial charge >= 0.3 is 12.1 Å². The Hall–Kier alpha value is -1.08. The van der Waals surface area contributed by atoms with Gasteiger partial charge in [0.2, 0.25) is 0 Å². The largest absolute Gasteiger partial charge is 0.477 e. The van der Waals surface area contributed by atoms with Crippen LogP contribution in [-0.4, -0.2) is 35.2 Å². The molecule has 19 heavy (non-hydrogen) atoms. The van der Waals surface area contributed by atoms with Gasteiger partial charge in [0.25, 0.3) is 0 Å². The predicted octanol–water partition coefficient (Wildman–Crippen LogP) is 3.22. The summed E-state index contributed by atoms with van der Waals surface area (Å²) < 4.78 is 37.6. The summed E-state index contributed by atoms with van der Waals surface area (Å²) in [6, 6.07) is 1.73. The zero-order valence-electron chi connectivity index (χ0n) is 10.1. The van der Waals surface area contributed by atoms with E-state index in [1.54, 1.807) is 11.4 Å². The molecule has 1 aromatic rings. The summed E-state index contributed by atoms with van der Waals surface area (Å²) >= 11 is 1.14. The van der Waals surface area contributed by atoms with E-state index >= 15 is 0 Å². The maximum Gasteiger partial charge on any atom is 0.391 e. The van der Waals surface area contributed by atoms with Crippen LogP contribution in [0.15, 0.2) is 11.4 Å². The smallest absolute Gasteiger partial charge is 0.391 e. The molecule has 1 saturated heterocycles. The Morgan fingerprint density at radius 1 is 1.42 bits per heavy atom. The quantitative estimate of drug-likeness (QED) is 0.930. The van der Waals surface area contributed by atoms with Crippen molar-refractivity contribution >= 4 is 17.3 Å². The molecule has 0 spiro atoms. The Morgan fingerprint density at radius 2 is 2.05 bits per heavy atom. The van der Waals surface area contributed by atoms with Gasteiger partial charge in [-0.15, -0.1) is 11.3 Å². The fourth-order valence-corrected chi connectivity index (χ4v) is 3.06. The van der Waals surface area contributed by atoms with Crippen LogP contribution in [0.2, 0.25) is 0 Å². The van der Waals surface area contributed by atoms with Crippen LogP contribution in [0.3, 0.4) is 0 Å². The zero-order chi connectivity index (χ0) is 14.0. The van der Waals surface area contributed by atoms with Gasteiger partial charge in [0.05, 0.1) is 5.92 Å². The number of piperidine rings is 1. The first-order valence-corrected chi connectivity index (χ1v) is 6.84. The fraction of sp³-hybridized carbons (Fsp3) is 0.583. The van der Waals surface area contributed by atoms with E-state index in [2.05, 4.69) is 0 Å². The van der Waals surface area contributed by atoms with Gasteiger partial charge in [0.1, 0.15) is 4.88 Å². The molecule has 0 aliphatic carbocycles. The first-order chi connectivity index (χ1) is 8.88. The van der Waals surface area contributed by atoms with Gasteiger partial charge in [-0.3, -0.25) is 4.90 Å². The van der Waals surface area contributed by atoms with Crippen molar-refractivity contribution in [3.8, 4) is 0 Å². The molecule has 0 saturated carbocycles. The minimum atomic E-state index is -4.11. The molecule has 106 valence electrons. The third-order valence-corrected chi connectivity index (χ3v) is 4.33. The van der Waals surface area contributed by atoms with Crippen LogP contribution in [0, 0.1) is 5.92 Å². The van der Waals surface area contributed by atoms with Crippen LogP contribution >= 0.6 is 11.3 Å². The Balaban J connectivity index is 1.92. The molecule has 1 fully saturated rings. The fourth-order valence-electron chi connectivity index (χ4n) is 2.31. The molecule has 1 aliphatic rings. The number of rotatable bonds is 3. The highest BCUT2D eigenvalue weighted by molar-refractivity contribution is 7.12. The Kier molecular flexibility index (Phi) is 4.15. The number of alkyl halides is 3. The van der Waals surface area contributed by atoms with Crippen molar-refractivity contribution in [1.29, 1.82) is 0 Å². The summed E-state index contributed by atoms with van der Waals surface area (Å²) in [5, 5.41) is 10.7. The third-order valence-electron chi connectivity index (χ3n) is 3.39. The summed E-state index contributed by atoms with van der Waals surface area (Å²) in [7, 11) is 0. The monoisotopic (exact) mass is 293 g/mol. The molecule has 0 aromatic carbocycles. The van der Waals surface area contributed by atoms with Gasteiger partial charge < -0.3 is 5.11 Å². The number of likely N-dealkylation sites (tertiary alicyclic amines) is 1. The minimum Gasteiger partial charge on any atom is -0.477 e. The zero-order valence-corrected chi connectivity index (χ0v) is 10.9. The van der Waals surface area contributed by atoms with E-state index < -0.39 is 18.1 Å². The summed E-state index contributed by atoms with van der Waals surface area (Å²) in [4.78, 5) is 13.1. The van der Waals surface area contributed by atoms with E-state index in [-0.39, 0.29) is 17.7 Å².